The fourth-order valence-corrected chi connectivity index (χ4v) is 1.27. The summed E-state index contributed by atoms with van der Waals surface area (Å²) in [5.41, 5.74) is 11.4. The van der Waals surface area contributed by atoms with Crippen molar-refractivity contribution in [1.29, 1.82) is 0 Å². The highest BCUT2D eigenvalue weighted by Crippen LogP contribution is 2.20. The van der Waals surface area contributed by atoms with Crippen LogP contribution in [0.2, 0.25) is 0 Å². The third-order valence-electron chi connectivity index (χ3n) is 1.47. The number of aromatic hydroxyl groups is 1. The number of hydrogen-bond acceptors (Lipinski definition) is 4. The first-order chi connectivity index (χ1) is 5.65. The highest BCUT2D eigenvalue weighted by atomic mass is 127. The molecule has 0 saturated heterocycles. The lowest BCUT2D eigenvalue weighted by Gasteiger charge is -2.09. The van der Waals surface area contributed by atoms with Crippen molar-refractivity contribution < 1.29 is 5.11 Å². The van der Waals surface area contributed by atoms with Gasteiger partial charge in [-0.15, -0.1) is 0 Å². The number of nitrogens with zero attached hydrogens (tertiary/aromatic N) is 1. The first-order valence-electron chi connectivity index (χ1n) is 3.46. The second-order valence-electron chi connectivity index (χ2n) is 2.38. The Morgan fingerprint density at radius 2 is 2.25 bits per heavy atom. The number of hydrogen-bond donors (Lipinski definition) is 3. The van der Waals surface area contributed by atoms with Crippen LogP contribution in [0.1, 0.15) is 11.7 Å². The molecule has 66 valence electrons. The van der Waals surface area contributed by atoms with Crippen LogP contribution in [-0.4, -0.2) is 16.6 Å². The quantitative estimate of drug-likeness (QED) is 0.538. The van der Waals surface area contributed by atoms with Crippen LogP contribution >= 0.6 is 22.6 Å². The van der Waals surface area contributed by atoms with Crippen molar-refractivity contribution in [2.45, 2.75) is 6.04 Å². The third kappa shape index (κ3) is 2.05. The lowest BCUT2D eigenvalue weighted by atomic mass is 10.2. The van der Waals surface area contributed by atoms with Gasteiger partial charge in [0.1, 0.15) is 15.1 Å². The molecule has 0 saturated carbocycles. The molecule has 12 heavy (non-hydrogen) atoms. The van der Waals surface area contributed by atoms with E-state index in [0.717, 1.165) is 3.70 Å². The van der Waals surface area contributed by atoms with Crippen molar-refractivity contribution >= 4 is 22.6 Å². The van der Waals surface area contributed by atoms with Gasteiger partial charge in [0.15, 0.2) is 0 Å². The smallest absolute Gasteiger partial charge is 0.138 e. The normalized spacial score (nSPS) is 12.9. The average Bonchev–Trinajstić information content (AvgIpc) is 2.08. The zero-order chi connectivity index (χ0) is 9.14. The van der Waals surface area contributed by atoms with Crippen molar-refractivity contribution in [3.63, 3.8) is 0 Å². The molecule has 0 aliphatic carbocycles. The van der Waals surface area contributed by atoms with E-state index < -0.39 is 0 Å². The van der Waals surface area contributed by atoms with Crippen molar-refractivity contribution in [3.8, 4) is 5.75 Å². The second kappa shape index (κ2) is 4.01. The maximum Gasteiger partial charge on any atom is 0.138 e. The summed E-state index contributed by atoms with van der Waals surface area (Å²) in [4.78, 5) is 4.08. The lowest BCUT2D eigenvalue weighted by molar-refractivity contribution is 0.456. The summed E-state index contributed by atoms with van der Waals surface area (Å²) in [5, 5.41) is 9.34. The molecule has 5 N–H and O–H groups in total. The number of nitrogens with two attached hydrogens (primary N) is 2. The van der Waals surface area contributed by atoms with Gasteiger partial charge in [-0.05, 0) is 34.7 Å². The fourth-order valence-electron chi connectivity index (χ4n) is 0.827. The van der Waals surface area contributed by atoms with Gasteiger partial charge >= 0.3 is 0 Å². The first-order valence-corrected chi connectivity index (χ1v) is 4.54. The molecule has 0 aromatic carbocycles. The van der Waals surface area contributed by atoms with Gasteiger partial charge in [-0.25, -0.2) is 4.98 Å². The minimum atomic E-state index is -0.389. The Bertz CT molecular complexity index is 279. The Morgan fingerprint density at radius 3 is 2.83 bits per heavy atom. The van der Waals surface area contributed by atoms with Crippen LogP contribution < -0.4 is 11.5 Å². The Balaban J connectivity index is 3.04. The highest BCUT2D eigenvalue weighted by Gasteiger charge is 2.10. The fraction of sp³-hybridized carbons (Fsp3) is 0.286. The van der Waals surface area contributed by atoms with Gasteiger partial charge in [-0.3, -0.25) is 0 Å². The molecular formula is C7H10IN3O. The monoisotopic (exact) mass is 279 g/mol. The molecule has 0 fully saturated rings. The molecule has 0 radical (unpaired) electrons. The molecule has 0 bridgehead atoms. The molecule has 1 atom stereocenters. The maximum absolute atomic E-state index is 9.34. The molecule has 0 aliphatic heterocycles. The molecule has 0 spiro atoms. The van der Waals surface area contributed by atoms with E-state index in [-0.39, 0.29) is 18.3 Å². The van der Waals surface area contributed by atoms with Gasteiger partial charge in [-0.2, -0.15) is 0 Å². The number of rotatable bonds is 2. The third-order valence-corrected chi connectivity index (χ3v) is 2.07. The average molecular weight is 279 g/mol. The standard InChI is InChI=1S/C7H10IN3O/c8-6-2-1-5(12)7(11-6)4(10)3-9/h1-2,4,12H,3,9-10H2/t4-/m1/s1. The lowest BCUT2D eigenvalue weighted by Crippen LogP contribution is -2.22. The molecule has 4 nitrogen and oxygen atoms in total. The van der Waals surface area contributed by atoms with E-state index in [9.17, 15) is 5.11 Å². The topological polar surface area (TPSA) is 85.2 Å². The summed E-state index contributed by atoms with van der Waals surface area (Å²) in [6.45, 7) is 0.278. The van der Waals surface area contributed by atoms with Gasteiger partial charge in [0.2, 0.25) is 0 Å². The predicted octanol–water partition coefficient (Wildman–Crippen LogP) is 0.350. The van der Waals surface area contributed by atoms with E-state index in [2.05, 4.69) is 27.6 Å². The van der Waals surface area contributed by atoms with Crippen LogP contribution in [0.5, 0.6) is 5.75 Å². The molecule has 0 amide bonds. The Labute approximate surface area is 84.1 Å². The van der Waals surface area contributed by atoms with E-state index in [1.807, 2.05) is 0 Å². The van der Waals surface area contributed by atoms with Crippen LogP contribution in [0.15, 0.2) is 12.1 Å². The van der Waals surface area contributed by atoms with E-state index in [1.54, 1.807) is 12.1 Å². The number of aromatic nitrogens is 1. The summed E-state index contributed by atoms with van der Waals surface area (Å²) < 4.78 is 0.796. The summed E-state index contributed by atoms with van der Waals surface area (Å²) in [5.74, 6) is 0.105. The van der Waals surface area contributed by atoms with Gasteiger partial charge in [0.05, 0.1) is 6.04 Å². The first kappa shape index (κ1) is 9.69. The van der Waals surface area contributed by atoms with E-state index in [1.165, 1.54) is 0 Å². The molecule has 0 unspecified atom stereocenters. The van der Waals surface area contributed by atoms with Crippen LogP contribution in [-0.2, 0) is 0 Å². The highest BCUT2D eigenvalue weighted by molar-refractivity contribution is 14.1. The van der Waals surface area contributed by atoms with Crippen molar-refractivity contribution in [3.05, 3.63) is 21.5 Å². The minimum Gasteiger partial charge on any atom is -0.506 e. The summed E-state index contributed by atoms with van der Waals surface area (Å²) in [6, 6.07) is 2.89. The van der Waals surface area contributed by atoms with Gasteiger partial charge in [0.25, 0.3) is 0 Å². The van der Waals surface area contributed by atoms with Crippen molar-refractivity contribution in [2.75, 3.05) is 6.54 Å². The molecule has 1 aromatic heterocycles. The number of pyridine rings is 1. The zero-order valence-corrected chi connectivity index (χ0v) is 8.52. The van der Waals surface area contributed by atoms with Gasteiger partial charge in [0, 0.05) is 6.54 Å². The van der Waals surface area contributed by atoms with Crippen LogP contribution in [0.25, 0.3) is 0 Å². The van der Waals surface area contributed by atoms with Crippen LogP contribution in [0.3, 0.4) is 0 Å². The molecule has 1 aromatic rings. The molecule has 1 rings (SSSR count). The SMILES string of the molecule is NC[C@@H](N)c1nc(I)ccc1O. The Hall–Kier alpha value is -0.400. The summed E-state index contributed by atoms with van der Waals surface area (Å²) in [7, 11) is 0. The summed E-state index contributed by atoms with van der Waals surface area (Å²) in [6.07, 6.45) is 0. The van der Waals surface area contributed by atoms with Gasteiger partial charge in [-0.1, -0.05) is 0 Å². The largest absolute Gasteiger partial charge is 0.506 e. The zero-order valence-electron chi connectivity index (χ0n) is 6.37. The molecular weight excluding hydrogens is 269 g/mol. The predicted molar refractivity (Wildman–Crippen MR) is 54.6 cm³/mol. The summed E-state index contributed by atoms with van der Waals surface area (Å²) >= 11 is 2.05. The second-order valence-corrected chi connectivity index (χ2v) is 3.49. The molecule has 5 heteroatoms. The van der Waals surface area contributed by atoms with Crippen LogP contribution in [0, 0.1) is 3.70 Å². The molecule has 1 heterocycles. The van der Waals surface area contributed by atoms with E-state index >= 15 is 0 Å². The Morgan fingerprint density at radius 1 is 1.58 bits per heavy atom. The number of halogens is 1. The van der Waals surface area contributed by atoms with E-state index in [4.69, 9.17) is 11.5 Å². The molecule has 0 aliphatic rings. The van der Waals surface area contributed by atoms with E-state index in [0.29, 0.717) is 5.69 Å². The van der Waals surface area contributed by atoms with Crippen molar-refractivity contribution in [1.82, 2.24) is 4.98 Å². The maximum atomic E-state index is 9.34. The van der Waals surface area contributed by atoms with Gasteiger partial charge < -0.3 is 16.6 Å². The minimum absolute atomic E-state index is 0.105. The van der Waals surface area contributed by atoms with Crippen LogP contribution in [0.4, 0.5) is 0 Å². The Kier molecular flexibility index (Phi) is 3.24. The van der Waals surface area contributed by atoms with Crippen molar-refractivity contribution in [2.24, 2.45) is 11.5 Å².